The molecule has 0 spiro atoms. The average Bonchev–Trinajstić information content (AvgIpc) is 2.37. The van der Waals surface area contributed by atoms with Gasteiger partial charge < -0.3 is 5.32 Å². The largest absolute Gasteiger partial charge is 0.416 e. The first-order valence-electron chi connectivity index (χ1n) is 5.64. The summed E-state index contributed by atoms with van der Waals surface area (Å²) in [4.78, 5) is 16.0. The van der Waals surface area contributed by atoms with Gasteiger partial charge in [0.1, 0.15) is 0 Å². The highest BCUT2D eigenvalue weighted by atomic mass is 19.4. The predicted octanol–water partition coefficient (Wildman–Crippen LogP) is 1.63. The van der Waals surface area contributed by atoms with Gasteiger partial charge in [-0.15, -0.1) is 0 Å². The number of hydrogen-bond acceptors (Lipinski definition) is 3. The summed E-state index contributed by atoms with van der Waals surface area (Å²) in [6.45, 7) is 0.889. The minimum absolute atomic E-state index is 0.0200. The fourth-order valence-corrected chi connectivity index (χ4v) is 1.73. The first-order chi connectivity index (χ1) is 8.93. The van der Waals surface area contributed by atoms with Crippen LogP contribution >= 0.6 is 0 Å². The molecular weight excluding hydrogens is 259 g/mol. The summed E-state index contributed by atoms with van der Waals surface area (Å²) >= 11 is 0. The van der Waals surface area contributed by atoms with E-state index in [1.165, 1.54) is 17.0 Å². The number of nitrogens with zero attached hydrogens (tertiary/aromatic N) is 2. The number of likely N-dealkylation sites (N-methyl/N-ethyl adjacent to an activating group) is 1. The molecule has 0 fully saturated rings. The topological polar surface area (TPSA) is 46.9 Å². The molecule has 0 aliphatic rings. The second-order valence-electron chi connectivity index (χ2n) is 4.08. The zero-order valence-corrected chi connectivity index (χ0v) is 10.2. The van der Waals surface area contributed by atoms with Crippen molar-refractivity contribution >= 4 is 10.9 Å². The van der Waals surface area contributed by atoms with Crippen LogP contribution in [0.1, 0.15) is 5.56 Å². The monoisotopic (exact) mass is 271 g/mol. The van der Waals surface area contributed by atoms with E-state index in [4.69, 9.17) is 0 Å². The molecule has 19 heavy (non-hydrogen) atoms. The van der Waals surface area contributed by atoms with Crippen molar-refractivity contribution < 1.29 is 13.2 Å². The van der Waals surface area contributed by atoms with Gasteiger partial charge in [-0.3, -0.25) is 9.36 Å². The summed E-state index contributed by atoms with van der Waals surface area (Å²) in [5.41, 5.74) is -1.05. The van der Waals surface area contributed by atoms with Crippen LogP contribution in [0.2, 0.25) is 0 Å². The molecule has 1 aromatic heterocycles. The maximum atomic E-state index is 12.6. The number of halogens is 3. The lowest BCUT2D eigenvalue weighted by Crippen LogP contribution is -2.26. The summed E-state index contributed by atoms with van der Waals surface area (Å²) in [5, 5.41) is 2.84. The van der Waals surface area contributed by atoms with Crippen molar-refractivity contribution in [3.8, 4) is 0 Å². The number of hydrogen-bond donors (Lipinski definition) is 1. The summed E-state index contributed by atoms with van der Waals surface area (Å²) in [5.74, 6) is 0. The Morgan fingerprint density at radius 1 is 1.37 bits per heavy atom. The van der Waals surface area contributed by atoms with E-state index < -0.39 is 17.3 Å². The van der Waals surface area contributed by atoms with Crippen molar-refractivity contribution in [1.82, 2.24) is 14.9 Å². The molecule has 1 aromatic carbocycles. The molecule has 0 saturated heterocycles. The molecular formula is C12H12F3N3O. The van der Waals surface area contributed by atoms with E-state index in [2.05, 4.69) is 10.3 Å². The van der Waals surface area contributed by atoms with Crippen LogP contribution in [0.5, 0.6) is 0 Å². The third-order valence-corrected chi connectivity index (χ3v) is 2.75. The molecule has 2 aromatic rings. The molecule has 1 heterocycles. The zero-order valence-electron chi connectivity index (χ0n) is 10.2. The van der Waals surface area contributed by atoms with Gasteiger partial charge in [0.05, 0.1) is 22.8 Å². The van der Waals surface area contributed by atoms with E-state index in [-0.39, 0.29) is 10.9 Å². The Hall–Kier alpha value is -1.89. The Morgan fingerprint density at radius 3 is 2.74 bits per heavy atom. The second-order valence-corrected chi connectivity index (χ2v) is 4.08. The summed E-state index contributed by atoms with van der Waals surface area (Å²) in [7, 11) is 1.72. The van der Waals surface area contributed by atoms with Crippen molar-refractivity contribution in [2.75, 3.05) is 13.6 Å². The summed E-state index contributed by atoms with van der Waals surface area (Å²) in [6, 6.07) is 2.98. The summed E-state index contributed by atoms with van der Waals surface area (Å²) in [6.07, 6.45) is -3.12. The Labute approximate surface area is 106 Å². The van der Waals surface area contributed by atoms with E-state index in [0.29, 0.717) is 13.1 Å². The van der Waals surface area contributed by atoms with Crippen LogP contribution in [-0.4, -0.2) is 23.1 Å². The number of fused-ring (bicyclic) bond motifs is 1. The van der Waals surface area contributed by atoms with E-state index in [1.54, 1.807) is 7.05 Å². The molecule has 102 valence electrons. The van der Waals surface area contributed by atoms with Gasteiger partial charge in [0, 0.05) is 13.1 Å². The SMILES string of the molecule is CNCCn1cnc2ccc(C(F)(F)F)cc2c1=O. The number of benzene rings is 1. The molecule has 0 aliphatic carbocycles. The molecule has 0 aliphatic heterocycles. The van der Waals surface area contributed by atoms with Gasteiger partial charge in [-0.05, 0) is 25.2 Å². The molecule has 0 saturated carbocycles. The van der Waals surface area contributed by atoms with Crippen molar-refractivity contribution in [1.29, 1.82) is 0 Å². The smallest absolute Gasteiger partial charge is 0.318 e. The van der Waals surface area contributed by atoms with Crippen LogP contribution in [0.3, 0.4) is 0 Å². The average molecular weight is 271 g/mol. The number of nitrogens with one attached hydrogen (secondary N) is 1. The fourth-order valence-electron chi connectivity index (χ4n) is 1.73. The van der Waals surface area contributed by atoms with Crippen LogP contribution in [0.25, 0.3) is 10.9 Å². The summed E-state index contributed by atoms with van der Waals surface area (Å²) < 4.78 is 39.1. The molecule has 0 bridgehead atoms. The van der Waals surface area contributed by atoms with E-state index in [0.717, 1.165) is 12.1 Å². The second kappa shape index (κ2) is 5.00. The lowest BCUT2D eigenvalue weighted by atomic mass is 10.1. The van der Waals surface area contributed by atoms with Crippen LogP contribution in [0.4, 0.5) is 13.2 Å². The normalized spacial score (nSPS) is 12.0. The molecule has 0 radical (unpaired) electrons. The van der Waals surface area contributed by atoms with Crippen LogP contribution < -0.4 is 10.9 Å². The first-order valence-corrected chi connectivity index (χ1v) is 5.64. The van der Waals surface area contributed by atoms with Crippen molar-refractivity contribution in [2.24, 2.45) is 0 Å². The van der Waals surface area contributed by atoms with Crippen LogP contribution in [0.15, 0.2) is 29.3 Å². The van der Waals surface area contributed by atoms with E-state index in [9.17, 15) is 18.0 Å². The highest BCUT2D eigenvalue weighted by Gasteiger charge is 2.30. The van der Waals surface area contributed by atoms with Crippen molar-refractivity contribution in [3.63, 3.8) is 0 Å². The molecule has 1 N–H and O–H groups in total. The highest BCUT2D eigenvalue weighted by Crippen LogP contribution is 2.30. The molecule has 2 rings (SSSR count). The van der Waals surface area contributed by atoms with Crippen molar-refractivity contribution in [3.05, 3.63) is 40.4 Å². The Balaban J connectivity index is 2.56. The number of aromatic nitrogens is 2. The standard InChI is InChI=1S/C12H12F3N3O/c1-16-4-5-18-7-17-10-3-2-8(12(13,14)15)6-9(10)11(18)19/h2-3,6-7,16H,4-5H2,1H3. The molecule has 4 nitrogen and oxygen atoms in total. The van der Waals surface area contributed by atoms with E-state index in [1.807, 2.05) is 0 Å². The van der Waals surface area contributed by atoms with Gasteiger partial charge >= 0.3 is 6.18 Å². The van der Waals surface area contributed by atoms with E-state index >= 15 is 0 Å². The molecule has 0 atom stereocenters. The lowest BCUT2D eigenvalue weighted by molar-refractivity contribution is -0.137. The Kier molecular flexibility index (Phi) is 3.57. The Morgan fingerprint density at radius 2 is 2.11 bits per heavy atom. The highest BCUT2D eigenvalue weighted by molar-refractivity contribution is 5.78. The minimum Gasteiger partial charge on any atom is -0.318 e. The van der Waals surface area contributed by atoms with Crippen LogP contribution in [0, 0.1) is 0 Å². The lowest BCUT2D eigenvalue weighted by Gasteiger charge is -2.09. The predicted molar refractivity (Wildman–Crippen MR) is 64.9 cm³/mol. The minimum atomic E-state index is -4.47. The van der Waals surface area contributed by atoms with Gasteiger partial charge in [-0.1, -0.05) is 0 Å². The maximum absolute atomic E-state index is 12.6. The first kappa shape index (κ1) is 13.5. The van der Waals surface area contributed by atoms with Gasteiger partial charge in [0.2, 0.25) is 0 Å². The Bertz CT molecular complexity index is 649. The third-order valence-electron chi connectivity index (χ3n) is 2.75. The third kappa shape index (κ3) is 2.76. The van der Waals surface area contributed by atoms with Crippen LogP contribution in [-0.2, 0) is 12.7 Å². The fraction of sp³-hybridized carbons (Fsp3) is 0.333. The zero-order chi connectivity index (χ0) is 14.0. The maximum Gasteiger partial charge on any atom is 0.416 e. The van der Waals surface area contributed by atoms with Gasteiger partial charge in [0.25, 0.3) is 5.56 Å². The molecule has 7 heteroatoms. The van der Waals surface area contributed by atoms with Gasteiger partial charge in [0.15, 0.2) is 0 Å². The molecule has 0 amide bonds. The molecule has 0 unspecified atom stereocenters. The van der Waals surface area contributed by atoms with Crippen molar-refractivity contribution in [2.45, 2.75) is 12.7 Å². The quantitative estimate of drug-likeness (QED) is 0.923. The van der Waals surface area contributed by atoms with Gasteiger partial charge in [-0.25, -0.2) is 4.98 Å². The number of rotatable bonds is 3. The number of alkyl halides is 3. The van der Waals surface area contributed by atoms with Gasteiger partial charge in [-0.2, -0.15) is 13.2 Å².